The smallest absolute Gasteiger partial charge is 0.478 e. The molecule has 0 amide bonds. The molecule has 0 aliphatic carbocycles. The van der Waals surface area contributed by atoms with Crippen LogP contribution in [0.15, 0.2) is 42.5 Å². The van der Waals surface area contributed by atoms with Crippen molar-refractivity contribution in [3.63, 3.8) is 0 Å². The van der Waals surface area contributed by atoms with Gasteiger partial charge in [-0.25, -0.2) is 14.4 Å². The lowest BCUT2D eigenvalue weighted by Gasteiger charge is -2.14. The van der Waals surface area contributed by atoms with Gasteiger partial charge in [0.1, 0.15) is 0 Å². The topological polar surface area (TPSA) is 126 Å². The van der Waals surface area contributed by atoms with Gasteiger partial charge in [-0.2, -0.15) is 4.98 Å². The van der Waals surface area contributed by atoms with Gasteiger partial charge in [-0.05, 0) is 49.7 Å². The van der Waals surface area contributed by atoms with Crippen molar-refractivity contribution in [3.05, 3.63) is 59.2 Å². The Labute approximate surface area is 189 Å². The molecule has 0 aliphatic heterocycles. The summed E-state index contributed by atoms with van der Waals surface area (Å²) in [5, 5.41) is 9.32. The molecule has 2 aromatic carbocycles. The first-order chi connectivity index (χ1) is 15.8. The molecule has 0 spiro atoms. The second-order valence-electron chi connectivity index (χ2n) is 6.89. The standard InChI is InChI=1S/C23H24N2O8/c1-4-30-22-24-18-11-10-17(20(26)27)12-19(18)25(22)13-15-6-8-16(9-7-15)21(28)32-14(3)33-23(29)31-5-2/h6-12,14H,4-5,13H2,1-3H3,(H,26,27). The molecule has 3 rings (SSSR count). The number of carbonyl (C=O) groups is 3. The van der Waals surface area contributed by atoms with Crippen LogP contribution in [-0.2, 0) is 20.8 Å². The molecule has 10 nitrogen and oxygen atoms in total. The SMILES string of the molecule is CCOC(=O)OC(C)OC(=O)c1ccc(Cn2c(OCC)nc3ccc(C(=O)O)cc32)cc1. The van der Waals surface area contributed by atoms with E-state index < -0.39 is 24.4 Å². The number of aromatic nitrogens is 2. The number of hydrogen-bond donors (Lipinski definition) is 1. The lowest BCUT2D eigenvalue weighted by atomic mass is 10.1. The number of esters is 1. The van der Waals surface area contributed by atoms with Gasteiger partial charge in [0.2, 0.25) is 6.29 Å². The van der Waals surface area contributed by atoms with Crippen molar-refractivity contribution in [1.82, 2.24) is 9.55 Å². The fourth-order valence-electron chi connectivity index (χ4n) is 3.08. The Bertz CT molecular complexity index is 1150. The van der Waals surface area contributed by atoms with E-state index >= 15 is 0 Å². The van der Waals surface area contributed by atoms with Gasteiger partial charge in [-0.1, -0.05) is 12.1 Å². The number of nitrogens with zero attached hydrogens (tertiary/aromatic N) is 2. The van der Waals surface area contributed by atoms with Crippen LogP contribution in [0.3, 0.4) is 0 Å². The van der Waals surface area contributed by atoms with Gasteiger partial charge in [0.05, 0.1) is 41.9 Å². The number of carbonyl (C=O) groups excluding carboxylic acids is 2. The average Bonchev–Trinajstić information content (AvgIpc) is 3.10. The van der Waals surface area contributed by atoms with Gasteiger partial charge in [0, 0.05) is 6.92 Å². The fraction of sp³-hybridized carbons (Fsp3) is 0.304. The number of hydrogen-bond acceptors (Lipinski definition) is 8. The summed E-state index contributed by atoms with van der Waals surface area (Å²) in [4.78, 5) is 39.4. The summed E-state index contributed by atoms with van der Waals surface area (Å²) in [7, 11) is 0. The van der Waals surface area contributed by atoms with Gasteiger partial charge in [-0.3, -0.25) is 4.57 Å². The highest BCUT2D eigenvalue weighted by molar-refractivity contribution is 5.92. The number of benzene rings is 2. The molecule has 1 aromatic heterocycles. The molecule has 1 N–H and O–H groups in total. The molecule has 0 bridgehead atoms. The van der Waals surface area contributed by atoms with Crippen molar-refractivity contribution in [2.75, 3.05) is 13.2 Å². The van der Waals surface area contributed by atoms with Crippen molar-refractivity contribution in [1.29, 1.82) is 0 Å². The molecule has 0 saturated carbocycles. The summed E-state index contributed by atoms with van der Waals surface area (Å²) < 4.78 is 21.9. The van der Waals surface area contributed by atoms with E-state index in [9.17, 15) is 19.5 Å². The van der Waals surface area contributed by atoms with Crippen molar-refractivity contribution in [2.45, 2.75) is 33.6 Å². The quantitative estimate of drug-likeness (QED) is 0.377. The summed E-state index contributed by atoms with van der Waals surface area (Å²) in [6.45, 7) is 5.76. The number of ether oxygens (including phenoxy) is 4. The molecule has 33 heavy (non-hydrogen) atoms. The highest BCUT2D eigenvalue weighted by atomic mass is 16.8. The van der Waals surface area contributed by atoms with Gasteiger partial charge < -0.3 is 24.1 Å². The zero-order chi connectivity index (χ0) is 24.0. The predicted molar refractivity (Wildman–Crippen MR) is 116 cm³/mol. The number of carboxylic acids is 1. The number of imidazole rings is 1. The van der Waals surface area contributed by atoms with Crippen LogP contribution in [0.2, 0.25) is 0 Å². The zero-order valence-corrected chi connectivity index (χ0v) is 18.4. The number of carboxylic acid groups (broad SMARTS) is 1. The summed E-state index contributed by atoms with van der Waals surface area (Å²) >= 11 is 0. The Kier molecular flexibility index (Phi) is 7.50. The minimum atomic E-state index is -1.11. The average molecular weight is 456 g/mol. The Hall–Kier alpha value is -4.08. The second kappa shape index (κ2) is 10.5. The van der Waals surface area contributed by atoms with Crippen molar-refractivity contribution in [3.8, 4) is 6.01 Å². The summed E-state index contributed by atoms with van der Waals surface area (Å²) in [5.74, 6) is -1.70. The molecule has 1 atom stereocenters. The molecule has 0 aliphatic rings. The van der Waals surface area contributed by atoms with Crippen molar-refractivity contribution in [2.24, 2.45) is 0 Å². The van der Waals surface area contributed by atoms with Crippen LogP contribution in [0.25, 0.3) is 11.0 Å². The molecule has 3 aromatic rings. The molecule has 174 valence electrons. The van der Waals surface area contributed by atoms with Crippen LogP contribution in [0, 0.1) is 0 Å². The monoisotopic (exact) mass is 456 g/mol. The van der Waals surface area contributed by atoms with E-state index in [1.54, 1.807) is 47.9 Å². The maximum Gasteiger partial charge on any atom is 0.511 e. The molecule has 1 unspecified atom stereocenters. The molecular weight excluding hydrogens is 432 g/mol. The second-order valence-corrected chi connectivity index (χ2v) is 6.89. The molecular formula is C23H24N2O8. The molecule has 0 saturated heterocycles. The van der Waals surface area contributed by atoms with Crippen LogP contribution >= 0.6 is 0 Å². The summed E-state index contributed by atoms with van der Waals surface area (Å²) in [6, 6.07) is 11.7. The number of rotatable bonds is 9. The highest BCUT2D eigenvalue weighted by Crippen LogP contribution is 2.24. The fourth-order valence-corrected chi connectivity index (χ4v) is 3.08. The zero-order valence-electron chi connectivity index (χ0n) is 18.4. The third-order valence-electron chi connectivity index (χ3n) is 4.56. The van der Waals surface area contributed by atoms with E-state index in [-0.39, 0.29) is 17.7 Å². The van der Waals surface area contributed by atoms with Gasteiger partial charge >= 0.3 is 18.1 Å². The highest BCUT2D eigenvalue weighted by Gasteiger charge is 2.18. The third-order valence-corrected chi connectivity index (χ3v) is 4.56. The van der Waals surface area contributed by atoms with Crippen LogP contribution in [0.1, 0.15) is 47.1 Å². The Morgan fingerprint density at radius 2 is 1.70 bits per heavy atom. The number of aromatic carboxylic acids is 1. The predicted octanol–water partition coefficient (Wildman–Crippen LogP) is 3.86. The Balaban J connectivity index is 1.77. The first kappa shape index (κ1) is 23.6. The first-order valence-electron chi connectivity index (χ1n) is 10.3. The van der Waals surface area contributed by atoms with Crippen molar-refractivity contribution >= 4 is 29.1 Å². The van der Waals surface area contributed by atoms with Crippen LogP contribution in [0.5, 0.6) is 6.01 Å². The maximum atomic E-state index is 12.3. The van der Waals surface area contributed by atoms with E-state index in [2.05, 4.69) is 9.72 Å². The Morgan fingerprint density at radius 1 is 1.00 bits per heavy atom. The Morgan fingerprint density at radius 3 is 2.33 bits per heavy atom. The lowest BCUT2D eigenvalue weighted by molar-refractivity contribution is -0.0811. The lowest BCUT2D eigenvalue weighted by Crippen LogP contribution is -2.22. The van der Waals surface area contributed by atoms with Gasteiger partial charge in [0.25, 0.3) is 6.01 Å². The van der Waals surface area contributed by atoms with Gasteiger partial charge in [-0.15, -0.1) is 0 Å². The molecule has 1 heterocycles. The minimum Gasteiger partial charge on any atom is -0.478 e. The normalized spacial score (nSPS) is 11.6. The van der Waals surface area contributed by atoms with E-state index in [0.29, 0.717) is 30.2 Å². The summed E-state index contributed by atoms with van der Waals surface area (Å²) in [5.41, 5.74) is 2.46. The minimum absolute atomic E-state index is 0.143. The first-order valence-corrected chi connectivity index (χ1v) is 10.3. The van der Waals surface area contributed by atoms with Crippen LogP contribution in [-0.4, -0.2) is 52.3 Å². The van der Waals surface area contributed by atoms with Crippen LogP contribution in [0.4, 0.5) is 4.79 Å². The van der Waals surface area contributed by atoms with E-state index in [4.69, 9.17) is 14.2 Å². The van der Waals surface area contributed by atoms with Gasteiger partial charge in [0.15, 0.2) is 0 Å². The number of fused-ring (bicyclic) bond motifs is 1. The third kappa shape index (κ3) is 5.79. The van der Waals surface area contributed by atoms with Crippen LogP contribution < -0.4 is 4.74 Å². The summed E-state index contributed by atoms with van der Waals surface area (Å²) in [6.07, 6.45) is -2.03. The van der Waals surface area contributed by atoms with Crippen molar-refractivity contribution < 1.29 is 38.4 Å². The van der Waals surface area contributed by atoms with E-state index in [1.807, 2.05) is 6.92 Å². The maximum absolute atomic E-state index is 12.3. The molecule has 0 radical (unpaired) electrons. The van der Waals surface area contributed by atoms with E-state index in [1.165, 1.54) is 13.0 Å². The van der Waals surface area contributed by atoms with E-state index in [0.717, 1.165) is 5.56 Å². The molecule has 10 heteroatoms. The molecule has 0 fully saturated rings. The largest absolute Gasteiger partial charge is 0.511 e.